The molecule has 0 radical (unpaired) electrons. The fourth-order valence-corrected chi connectivity index (χ4v) is 2.71. The molecule has 27 heavy (non-hydrogen) atoms. The van der Waals surface area contributed by atoms with Gasteiger partial charge in [-0.25, -0.2) is 9.78 Å². The van der Waals surface area contributed by atoms with E-state index in [1.807, 2.05) is 0 Å². The van der Waals surface area contributed by atoms with Crippen molar-refractivity contribution in [1.82, 2.24) is 9.88 Å². The Balaban J connectivity index is 1.55. The summed E-state index contributed by atoms with van der Waals surface area (Å²) >= 11 is 0. The number of carbonyl (C=O) groups is 1. The monoisotopic (exact) mass is 381 g/mol. The lowest BCUT2D eigenvalue weighted by molar-refractivity contribution is -0.137. The van der Waals surface area contributed by atoms with E-state index in [1.54, 1.807) is 36.3 Å². The first-order valence-electron chi connectivity index (χ1n) is 8.25. The summed E-state index contributed by atoms with van der Waals surface area (Å²) in [6.45, 7) is 0.700. The van der Waals surface area contributed by atoms with E-state index in [2.05, 4.69) is 10.3 Å². The van der Waals surface area contributed by atoms with E-state index >= 15 is 0 Å². The minimum absolute atomic E-state index is 0.104. The van der Waals surface area contributed by atoms with Crippen LogP contribution in [0, 0.1) is 0 Å². The second kappa shape index (κ2) is 7.73. The molecule has 1 N–H and O–H groups in total. The van der Waals surface area contributed by atoms with Gasteiger partial charge in [0.2, 0.25) is 5.88 Å². The molecule has 2 heterocycles. The van der Waals surface area contributed by atoms with Crippen LogP contribution in [0.2, 0.25) is 0 Å². The maximum Gasteiger partial charge on any atom is 0.416 e. The quantitative estimate of drug-likeness (QED) is 0.875. The smallest absolute Gasteiger partial charge is 0.416 e. The molecule has 0 saturated carbocycles. The third-order valence-electron chi connectivity index (χ3n) is 4.12. The van der Waals surface area contributed by atoms with Crippen molar-refractivity contribution in [3.8, 4) is 11.6 Å². The van der Waals surface area contributed by atoms with Crippen LogP contribution in [0.25, 0.3) is 0 Å². The number of anilines is 1. The second-order valence-corrected chi connectivity index (χ2v) is 6.01. The van der Waals surface area contributed by atoms with E-state index in [0.717, 1.165) is 18.3 Å². The molecule has 0 spiro atoms. The molecule has 1 aromatic heterocycles. The number of benzene rings is 1. The van der Waals surface area contributed by atoms with Gasteiger partial charge in [0.1, 0.15) is 11.9 Å². The fraction of sp³-hybridized carbons (Fsp3) is 0.333. The van der Waals surface area contributed by atoms with E-state index in [1.165, 1.54) is 0 Å². The number of ether oxygens (including phenoxy) is 2. The minimum atomic E-state index is -4.46. The first kappa shape index (κ1) is 18.8. The summed E-state index contributed by atoms with van der Waals surface area (Å²) in [5.41, 5.74) is -0.204. The molecule has 2 aromatic rings. The number of hydrogen-bond acceptors (Lipinski definition) is 4. The Hall–Kier alpha value is -2.97. The van der Waals surface area contributed by atoms with Gasteiger partial charge in [0.05, 0.1) is 19.2 Å². The number of rotatable bonds is 4. The number of nitrogens with one attached hydrogen (secondary N) is 1. The molecule has 9 heteroatoms. The predicted octanol–water partition coefficient (Wildman–Crippen LogP) is 3.79. The lowest BCUT2D eigenvalue weighted by Crippen LogP contribution is -2.34. The third kappa shape index (κ3) is 4.81. The first-order chi connectivity index (χ1) is 12.8. The number of likely N-dealkylation sites (tertiary alicyclic amines) is 1. The highest BCUT2D eigenvalue weighted by Crippen LogP contribution is 2.31. The van der Waals surface area contributed by atoms with Crippen molar-refractivity contribution in [1.29, 1.82) is 0 Å². The highest BCUT2D eigenvalue weighted by molar-refractivity contribution is 5.89. The fourth-order valence-electron chi connectivity index (χ4n) is 2.71. The Labute approximate surface area is 153 Å². The van der Waals surface area contributed by atoms with Crippen LogP contribution in [0.3, 0.4) is 0 Å². The van der Waals surface area contributed by atoms with Crippen molar-refractivity contribution in [2.24, 2.45) is 0 Å². The number of halogens is 3. The number of nitrogens with zero attached hydrogens (tertiary/aromatic N) is 2. The van der Waals surface area contributed by atoms with Gasteiger partial charge in [0, 0.05) is 30.9 Å². The zero-order valence-electron chi connectivity index (χ0n) is 14.5. The van der Waals surface area contributed by atoms with Crippen LogP contribution in [0.1, 0.15) is 12.0 Å². The summed E-state index contributed by atoms with van der Waals surface area (Å²) in [5.74, 6) is 0.573. The van der Waals surface area contributed by atoms with Crippen LogP contribution < -0.4 is 14.8 Å². The molecule has 2 amide bonds. The Bertz CT molecular complexity index is 796. The molecule has 0 aliphatic carbocycles. The number of carbonyl (C=O) groups excluding carboxylic acids is 1. The van der Waals surface area contributed by atoms with Crippen molar-refractivity contribution < 1.29 is 27.4 Å². The lowest BCUT2D eigenvalue weighted by Gasteiger charge is -2.18. The van der Waals surface area contributed by atoms with Gasteiger partial charge in [0.25, 0.3) is 0 Å². The van der Waals surface area contributed by atoms with Crippen LogP contribution >= 0.6 is 0 Å². The number of hydrogen-bond donors (Lipinski definition) is 1. The zero-order chi connectivity index (χ0) is 19.4. The maximum absolute atomic E-state index is 12.8. The van der Waals surface area contributed by atoms with Gasteiger partial charge in [-0.1, -0.05) is 0 Å². The topological polar surface area (TPSA) is 63.7 Å². The number of aromatic nitrogens is 1. The van der Waals surface area contributed by atoms with Crippen molar-refractivity contribution >= 4 is 11.7 Å². The summed E-state index contributed by atoms with van der Waals surface area (Å²) in [5, 5.41) is 2.76. The number of methoxy groups -OCH3 is 1. The largest absolute Gasteiger partial charge is 0.497 e. The molecular weight excluding hydrogens is 363 g/mol. The summed E-state index contributed by atoms with van der Waals surface area (Å²) in [6, 6.07) is 8.33. The number of pyridine rings is 1. The van der Waals surface area contributed by atoms with Crippen molar-refractivity contribution in [2.75, 3.05) is 25.5 Å². The summed E-state index contributed by atoms with van der Waals surface area (Å²) in [4.78, 5) is 17.7. The normalized spacial score (nSPS) is 16.9. The van der Waals surface area contributed by atoms with Crippen LogP contribution in [0.15, 0.2) is 42.6 Å². The summed E-state index contributed by atoms with van der Waals surface area (Å²) < 4.78 is 48.8. The molecule has 1 aliphatic heterocycles. The summed E-state index contributed by atoms with van der Waals surface area (Å²) in [6.07, 6.45) is -3.31. The van der Waals surface area contributed by atoms with Gasteiger partial charge in [-0.15, -0.1) is 0 Å². The molecule has 1 aliphatic rings. The van der Waals surface area contributed by atoms with Gasteiger partial charge in [-0.2, -0.15) is 13.2 Å². The van der Waals surface area contributed by atoms with Gasteiger partial charge < -0.3 is 19.7 Å². The minimum Gasteiger partial charge on any atom is -0.497 e. The Kier molecular flexibility index (Phi) is 5.38. The molecule has 144 valence electrons. The lowest BCUT2D eigenvalue weighted by atomic mass is 10.2. The van der Waals surface area contributed by atoms with E-state index in [4.69, 9.17) is 9.47 Å². The van der Waals surface area contributed by atoms with E-state index in [-0.39, 0.29) is 18.5 Å². The second-order valence-electron chi connectivity index (χ2n) is 6.01. The van der Waals surface area contributed by atoms with E-state index in [0.29, 0.717) is 24.4 Å². The Morgan fingerprint density at radius 1 is 1.26 bits per heavy atom. The van der Waals surface area contributed by atoms with E-state index in [9.17, 15) is 18.0 Å². The molecule has 1 fully saturated rings. The average molecular weight is 381 g/mol. The van der Waals surface area contributed by atoms with Gasteiger partial charge in [-0.3, -0.25) is 0 Å². The van der Waals surface area contributed by atoms with Gasteiger partial charge >= 0.3 is 12.2 Å². The van der Waals surface area contributed by atoms with E-state index < -0.39 is 17.8 Å². The Morgan fingerprint density at radius 2 is 2.00 bits per heavy atom. The van der Waals surface area contributed by atoms with Crippen molar-refractivity contribution in [2.45, 2.75) is 18.7 Å². The van der Waals surface area contributed by atoms with Crippen molar-refractivity contribution in [3.63, 3.8) is 0 Å². The molecule has 1 unspecified atom stereocenters. The first-order valence-corrected chi connectivity index (χ1v) is 8.25. The predicted molar refractivity (Wildman–Crippen MR) is 91.9 cm³/mol. The highest BCUT2D eigenvalue weighted by Gasteiger charge is 2.32. The standard InChI is InChI=1S/C18H18F3N3O3/c1-26-14-4-2-13(3-5-14)23-17(25)24-9-7-15(11-24)27-16-10-12(6-8-22-16)18(19,20)21/h2-6,8,10,15H,7,9,11H2,1H3,(H,23,25). The van der Waals surface area contributed by atoms with Crippen LogP contribution in [-0.4, -0.2) is 42.2 Å². The van der Waals surface area contributed by atoms with Gasteiger partial charge in [-0.05, 0) is 30.3 Å². The molecular formula is C18H18F3N3O3. The molecule has 1 aromatic carbocycles. The van der Waals surface area contributed by atoms with Crippen LogP contribution in [0.4, 0.5) is 23.7 Å². The molecule has 1 saturated heterocycles. The number of alkyl halides is 3. The SMILES string of the molecule is COc1ccc(NC(=O)N2CCC(Oc3cc(C(F)(F)F)ccn3)C2)cc1. The Morgan fingerprint density at radius 3 is 2.67 bits per heavy atom. The van der Waals surface area contributed by atoms with Crippen molar-refractivity contribution in [3.05, 3.63) is 48.2 Å². The van der Waals surface area contributed by atoms with Gasteiger partial charge in [0.15, 0.2) is 0 Å². The third-order valence-corrected chi connectivity index (χ3v) is 4.12. The number of amides is 2. The highest BCUT2D eigenvalue weighted by atomic mass is 19.4. The maximum atomic E-state index is 12.8. The molecule has 1 atom stereocenters. The van der Waals surface area contributed by atoms with Crippen LogP contribution in [0.5, 0.6) is 11.6 Å². The van der Waals surface area contributed by atoms with Crippen LogP contribution in [-0.2, 0) is 6.18 Å². The zero-order valence-corrected chi connectivity index (χ0v) is 14.5. The molecule has 6 nitrogen and oxygen atoms in total. The molecule has 3 rings (SSSR count). The molecule has 0 bridgehead atoms. The average Bonchev–Trinajstić information content (AvgIpc) is 3.10. The number of urea groups is 1. The summed E-state index contributed by atoms with van der Waals surface area (Å²) in [7, 11) is 1.55.